The zero-order valence-electron chi connectivity index (χ0n) is 9.73. The highest BCUT2D eigenvalue weighted by molar-refractivity contribution is 4.90. The lowest BCUT2D eigenvalue weighted by Gasteiger charge is -2.41. The van der Waals surface area contributed by atoms with Crippen molar-refractivity contribution in [2.45, 2.75) is 50.0 Å². The third kappa shape index (κ3) is 1.88. The number of nitrogens with zero attached hydrogens (tertiary/aromatic N) is 1. The summed E-state index contributed by atoms with van der Waals surface area (Å²) < 4.78 is 11.4. The van der Waals surface area contributed by atoms with E-state index in [2.05, 4.69) is 4.90 Å². The first-order valence-electron chi connectivity index (χ1n) is 6.49. The molecule has 2 atom stereocenters. The molecule has 0 aromatic heterocycles. The predicted molar refractivity (Wildman–Crippen MR) is 59.1 cm³/mol. The molecule has 16 heavy (non-hydrogen) atoms. The third-order valence-electron chi connectivity index (χ3n) is 4.29. The molecule has 3 fully saturated rings. The van der Waals surface area contributed by atoms with E-state index in [9.17, 15) is 5.11 Å². The largest absolute Gasteiger partial charge is 0.391 e. The van der Waals surface area contributed by atoms with Crippen molar-refractivity contribution in [1.82, 2.24) is 4.90 Å². The van der Waals surface area contributed by atoms with Crippen molar-refractivity contribution in [2.24, 2.45) is 0 Å². The third-order valence-corrected chi connectivity index (χ3v) is 4.29. The number of likely N-dealkylation sites (tertiary alicyclic amines) is 1. The molecule has 2 unspecified atom stereocenters. The molecule has 1 spiro atoms. The summed E-state index contributed by atoms with van der Waals surface area (Å²) >= 11 is 0. The summed E-state index contributed by atoms with van der Waals surface area (Å²) in [6.45, 7) is 3.49. The van der Waals surface area contributed by atoms with Crippen molar-refractivity contribution < 1.29 is 14.6 Å². The van der Waals surface area contributed by atoms with Crippen molar-refractivity contribution in [3.8, 4) is 0 Å². The zero-order chi connectivity index (χ0) is 11.0. The van der Waals surface area contributed by atoms with E-state index in [1.54, 1.807) is 0 Å². The summed E-state index contributed by atoms with van der Waals surface area (Å²) in [7, 11) is 0. The van der Waals surface area contributed by atoms with Gasteiger partial charge in [-0.2, -0.15) is 0 Å². The molecule has 0 amide bonds. The van der Waals surface area contributed by atoms with Crippen molar-refractivity contribution in [3.05, 3.63) is 0 Å². The first-order valence-corrected chi connectivity index (χ1v) is 6.49. The maximum Gasteiger partial charge on any atom is 0.170 e. The van der Waals surface area contributed by atoms with Gasteiger partial charge < -0.3 is 14.6 Å². The van der Waals surface area contributed by atoms with Crippen LogP contribution >= 0.6 is 0 Å². The zero-order valence-corrected chi connectivity index (χ0v) is 9.73. The summed E-state index contributed by atoms with van der Waals surface area (Å²) in [4.78, 5) is 2.42. The molecule has 0 aromatic carbocycles. The number of hydrogen-bond donors (Lipinski definition) is 1. The fourth-order valence-electron chi connectivity index (χ4n) is 3.33. The van der Waals surface area contributed by atoms with Gasteiger partial charge in [-0.15, -0.1) is 0 Å². The number of rotatable bonds is 1. The predicted octanol–water partition coefficient (Wildman–Crippen LogP) is 0.739. The van der Waals surface area contributed by atoms with Crippen LogP contribution in [0.3, 0.4) is 0 Å². The number of ether oxygens (including phenoxy) is 2. The highest BCUT2D eigenvalue weighted by Crippen LogP contribution is 2.34. The number of aliphatic hydroxyl groups excluding tert-OH is 1. The minimum Gasteiger partial charge on any atom is -0.391 e. The summed E-state index contributed by atoms with van der Waals surface area (Å²) in [6.07, 6.45) is 5.08. The van der Waals surface area contributed by atoms with E-state index >= 15 is 0 Å². The van der Waals surface area contributed by atoms with Gasteiger partial charge in [0.05, 0.1) is 19.3 Å². The molecule has 2 saturated heterocycles. The van der Waals surface area contributed by atoms with Crippen molar-refractivity contribution >= 4 is 0 Å². The number of hydrogen-bond acceptors (Lipinski definition) is 4. The second kappa shape index (κ2) is 4.26. The highest BCUT2D eigenvalue weighted by atomic mass is 16.7. The first-order chi connectivity index (χ1) is 7.79. The van der Waals surface area contributed by atoms with Crippen molar-refractivity contribution in [3.63, 3.8) is 0 Å². The Kier molecular flexibility index (Phi) is 2.92. The van der Waals surface area contributed by atoms with Crippen LogP contribution in [-0.4, -0.2) is 54.2 Å². The molecule has 2 heterocycles. The minimum atomic E-state index is -0.278. The maximum absolute atomic E-state index is 9.89. The average Bonchev–Trinajstić information content (AvgIpc) is 2.90. The molecule has 0 aromatic rings. The quantitative estimate of drug-likeness (QED) is 0.717. The number of aliphatic hydroxyl groups is 1. The Morgan fingerprint density at radius 1 is 1.06 bits per heavy atom. The molecular weight excluding hydrogens is 206 g/mol. The molecular formula is C12H21NO3. The van der Waals surface area contributed by atoms with Gasteiger partial charge in [-0.25, -0.2) is 0 Å². The Morgan fingerprint density at radius 3 is 2.31 bits per heavy atom. The van der Waals surface area contributed by atoms with E-state index in [0.29, 0.717) is 6.04 Å². The second-order valence-corrected chi connectivity index (χ2v) is 5.21. The maximum atomic E-state index is 9.89. The van der Waals surface area contributed by atoms with E-state index < -0.39 is 0 Å². The van der Waals surface area contributed by atoms with Gasteiger partial charge in [-0.1, -0.05) is 0 Å². The lowest BCUT2D eigenvalue weighted by molar-refractivity contribution is -0.189. The number of piperidine rings is 1. The van der Waals surface area contributed by atoms with Crippen molar-refractivity contribution in [1.29, 1.82) is 0 Å². The summed E-state index contributed by atoms with van der Waals surface area (Å²) in [5, 5.41) is 9.89. The molecule has 0 bridgehead atoms. The fourth-order valence-corrected chi connectivity index (χ4v) is 3.33. The lowest BCUT2D eigenvalue weighted by Crippen LogP contribution is -2.50. The van der Waals surface area contributed by atoms with Crippen LogP contribution in [-0.2, 0) is 9.47 Å². The Labute approximate surface area is 96.5 Å². The van der Waals surface area contributed by atoms with Crippen molar-refractivity contribution in [2.75, 3.05) is 26.3 Å². The minimum absolute atomic E-state index is 0.112. The fraction of sp³-hybridized carbons (Fsp3) is 1.00. The van der Waals surface area contributed by atoms with E-state index in [1.807, 2.05) is 0 Å². The van der Waals surface area contributed by atoms with Crippen LogP contribution in [0.1, 0.15) is 32.1 Å². The van der Waals surface area contributed by atoms with Crippen LogP contribution in [0.5, 0.6) is 0 Å². The van der Waals surface area contributed by atoms with Gasteiger partial charge in [0.15, 0.2) is 5.79 Å². The highest BCUT2D eigenvalue weighted by Gasteiger charge is 2.42. The van der Waals surface area contributed by atoms with Gasteiger partial charge in [0, 0.05) is 32.0 Å². The summed E-state index contributed by atoms with van der Waals surface area (Å²) in [5.74, 6) is -0.278. The molecule has 1 N–H and O–H groups in total. The van der Waals surface area contributed by atoms with Gasteiger partial charge in [-0.3, -0.25) is 4.90 Å². The van der Waals surface area contributed by atoms with Crippen LogP contribution in [0, 0.1) is 0 Å². The molecule has 3 rings (SSSR count). The second-order valence-electron chi connectivity index (χ2n) is 5.21. The van der Waals surface area contributed by atoms with Gasteiger partial charge in [0.1, 0.15) is 0 Å². The molecule has 0 radical (unpaired) electrons. The Bertz CT molecular complexity index is 243. The van der Waals surface area contributed by atoms with Crippen LogP contribution in [0.25, 0.3) is 0 Å². The standard InChI is InChI=1S/C12H21NO3/c14-11-3-1-2-10(11)13-6-4-12(5-7-13)15-8-9-16-12/h10-11,14H,1-9H2. The summed E-state index contributed by atoms with van der Waals surface area (Å²) in [6, 6.07) is 0.388. The summed E-state index contributed by atoms with van der Waals surface area (Å²) in [5.41, 5.74) is 0. The topological polar surface area (TPSA) is 41.9 Å². The monoisotopic (exact) mass is 227 g/mol. The normalized spacial score (nSPS) is 39.6. The Hall–Kier alpha value is -0.160. The van der Waals surface area contributed by atoms with Gasteiger partial charge >= 0.3 is 0 Å². The van der Waals surface area contributed by atoms with E-state index in [4.69, 9.17) is 9.47 Å². The average molecular weight is 227 g/mol. The molecule has 4 heteroatoms. The lowest BCUT2D eigenvalue weighted by atomic mass is 10.0. The molecule has 1 aliphatic carbocycles. The van der Waals surface area contributed by atoms with Crippen LogP contribution < -0.4 is 0 Å². The van der Waals surface area contributed by atoms with Gasteiger partial charge in [0.25, 0.3) is 0 Å². The SMILES string of the molecule is OC1CCCC1N1CCC2(CC1)OCCO2. The van der Waals surface area contributed by atoms with E-state index in [1.165, 1.54) is 6.42 Å². The van der Waals surface area contributed by atoms with E-state index in [-0.39, 0.29) is 11.9 Å². The smallest absolute Gasteiger partial charge is 0.170 e. The molecule has 1 saturated carbocycles. The Morgan fingerprint density at radius 2 is 1.75 bits per heavy atom. The molecule has 2 aliphatic heterocycles. The Balaban J connectivity index is 1.57. The van der Waals surface area contributed by atoms with Crippen LogP contribution in [0.4, 0.5) is 0 Å². The molecule has 92 valence electrons. The van der Waals surface area contributed by atoms with E-state index in [0.717, 1.165) is 52.0 Å². The first kappa shape index (κ1) is 11.0. The molecule has 3 aliphatic rings. The van der Waals surface area contributed by atoms with Gasteiger partial charge in [-0.05, 0) is 19.3 Å². The van der Waals surface area contributed by atoms with Crippen LogP contribution in [0.2, 0.25) is 0 Å². The van der Waals surface area contributed by atoms with Gasteiger partial charge in [0.2, 0.25) is 0 Å². The van der Waals surface area contributed by atoms with Crippen LogP contribution in [0.15, 0.2) is 0 Å². The molecule has 4 nitrogen and oxygen atoms in total.